The molecule has 4 saturated carbocycles. The van der Waals surface area contributed by atoms with Crippen molar-refractivity contribution in [2.24, 2.45) is 46.2 Å². The lowest BCUT2D eigenvalue weighted by Gasteiger charge is -2.61. The van der Waals surface area contributed by atoms with Gasteiger partial charge in [-0.25, -0.2) is 4.79 Å². The van der Waals surface area contributed by atoms with Crippen molar-refractivity contribution in [1.29, 1.82) is 0 Å². The fourth-order valence-corrected chi connectivity index (χ4v) is 9.03. The zero-order valence-corrected chi connectivity index (χ0v) is 20.5. The first-order chi connectivity index (χ1) is 16.1. The third kappa shape index (κ3) is 3.88. The van der Waals surface area contributed by atoms with Crippen LogP contribution in [0.25, 0.3) is 0 Å². The summed E-state index contributed by atoms with van der Waals surface area (Å²) in [7, 11) is 0. The first-order valence-electron chi connectivity index (χ1n) is 13.2. The molecule has 0 saturated heterocycles. The van der Waals surface area contributed by atoms with Crippen LogP contribution in [-0.4, -0.2) is 41.8 Å². The molecule has 4 fully saturated rings. The van der Waals surface area contributed by atoms with Crippen molar-refractivity contribution in [3.63, 3.8) is 0 Å². The molecule has 0 unspecified atom stereocenters. The van der Waals surface area contributed by atoms with E-state index in [-0.39, 0.29) is 29.3 Å². The fourth-order valence-electron chi connectivity index (χ4n) is 9.03. The van der Waals surface area contributed by atoms with Crippen LogP contribution in [0.5, 0.6) is 0 Å². The number of hydrogen-bond donors (Lipinski definition) is 2. The van der Waals surface area contributed by atoms with Crippen LogP contribution in [-0.2, 0) is 23.9 Å². The number of ether oxygens (including phenoxy) is 2. The van der Waals surface area contributed by atoms with E-state index in [9.17, 15) is 14.4 Å². The largest absolute Gasteiger partial charge is 0.480 e. The quantitative estimate of drug-likeness (QED) is 0.583. The highest BCUT2D eigenvalue weighted by Crippen LogP contribution is 2.68. The predicted octanol–water partition coefficient (Wildman–Crippen LogP) is 3.84. The van der Waals surface area contributed by atoms with Crippen LogP contribution in [0, 0.1) is 40.4 Å². The molecule has 188 valence electrons. The molecule has 0 aromatic heterocycles. The molecule has 7 heteroatoms. The van der Waals surface area contributed by atoms with Crippen LogP contribution in [0.2, 0.25) is 0 Å². The number of hydrogen-bond acceptors (Lipinski definition) is 6. The highest BCUT2D eigenvalue weighted by Gasteiger charge is 2.60. The molecule has 0 aromatic rings. The van der Waals surface area contributed by atoms with Crippen molar-refractivity contribution >= 4 is 17.9 Å². The second-order valence-corrected chi connectivity index (χ2v) is 12.2. The normalized spacial score (nSPS) is 44.2. The Labute approximate surface area is 201 Å². The molecule has 0 radical (unpaired) electrons. The van der Waals surface area contributed by atoms with Gasteiger partial charge in [0.25, 0.3) is 0 Å². The maximum absolute atomic E-state index is 12.2. The maximum atomic E-state index is 12.2. The van der Waals surface area contributed by atoms with E-state index in [4.69, 9.17) is 20.3 Å². The van der Waals surface area contributed by atoms with Gasteiger partial charge < -0.3 is 20.3 Å². The summed E-state index contributed by atoms with van der Waals surface area (Å²) >= 11 is 0. The summed E-state index contributed by atoms with van der Waals surface area (Å²) in [5, 5.41) is 8.95. The fraction of sp³-hybridized carbons (Fsp3) is 0.815. The number of nitrogens with two attached hydrogens (primary N) is 1. The Bertz CT molecular complexity index is 900. The lowest BCUT2D eigenvalue weighted by molar-refractivity contribution is -0.163. The van der Waals surface area contributed by atoms with Crippen molar-refractivity contribution in [1.82, 2.24) is 0 Å². The minimum absolute atomic E-state index is 0.125. The lowest BCUT2D eigenvalue weighted by Crippen LogP contribution is -2.54. The number of carboxylic acids is 1. The number of carboxylic acid groups (broad SMARTS) is 1. The van der Waals surface area contributed by atoms with Crippen molar-refractivity contribution in [2.45, 2.75) is 90.2 Å². The third-order valence-corrected chi connectivity index (χ3v) is 10.8. The van der Waals surface area contributed by atoms with E-state index in [2.05, 4.69) is 13.8 Å². The SMILES string of the molecule is C[C@]12CC[C@H](OC(=O)C[C@H](N)C(=O)O)C[C@H]1CC[C@@H]1[C@@H]2CC[C@]2(C)[C@@H](C3=CC(=O)OC3)CC[C@@H]12. The van der Waals surface area contributed by atoms with Gasteiger partial charge in [0.2, 0.25) is 0 Å². The van der Waals surface area contributed by atoms with Crippen molar-refractivity contribution in [2.75, 3.05) is 6.61 Å². The highest BCUT2D eigenvalue weighted by molar-refractivity contribution is 5.85. The van der Waals surface area contributed by atoms with E-state index in [1.807, 2.05) is 0 Å². The summed E-state index contributed by atoms with van der Waals surface area (Å²) in [5.74, 6) is 1.32. The van der Waals surface area contributed by atoms with Gasteiger partial charge in [-0.2, -0.15) is 0 Å². The standard InChI is InChI=1S/C27H39NO6/c1-26-9-7-17(34-24(30)13-22(28)25(31)32)12-16(26)3-4-18-20-6-5-19(15-11-23(29)33-14-15)27(20,2)10-8-21(18)26/h11,16-22H,3-10,12-14,28H2,1-2H3,(H,31,32)/t16-,17+,18+,19-,20+,21+,22+,26+,27-/m1/s1. The maximum Gasteiger partial charge on any atom is 0.331 e. The molecule has 5 aliphatic rings. The van der Waals surface area contributed by atoms with Gasteiger partial charge in [0.15, 0.2) is 0 Å². The minimum atomic E-state index is -1.20. The van der Waals surface area contributed by atoms with Gasteiger partial charge in [-0.05, 0) is 104 Å². The lowest BCUT2D eigenvalue weighted by atomic mass is 9.44. The Morgan fingerprint density at radius 1 is 1.12 bits per heavy atom. The number of fused-ring (bicyclic) bond motifs is 5. The van der Waals surface area contributed by atoms with Crippen molar-refractivity contribution in [3.8, 4) is 0 Å². The van der Waals surface area contributed by atoms with Crippen LogP contribution >= 0.6 is 0 Å². The summed E-state index contributed by atoms with van der Waals surface area (Å²) in [6.45, 7) is 5.44. The van der Waals surface area contributed by atoms with E-state index in [0.717, 1.165) is 25.2 Å². The Morgan fingerprint density at radius 3 is 2.56 bits per heavy atom. The number of aliphatic carboxylic acids is 1. The average Bonchev–Trinajstić information content (AvgIpc) is 3.36. The summed E-state index contributed by atoms with van der Waals surface area (Å²) < 4.78 is 10.9. The Hall–Kier alpha value is -1.89. The average molecular weight is 474 g/mol. The number of cyclic esters (lactones) is 1. The van der Waals surface area contributed by atoms with Gasteiger partial charge >= 0.3 is 17.9 Å². The van der Waals surface area contributed by atoms with Crippen LogP contribution < -0.4 is 5.73 Å². The van der Waals surface area contributed by atoms with Gasteiger partial charge in [-0.3, -0.25) is 9.59 Å². The van der Waals surface area contributed by atoms with E-state index in [0.29, 0.717) is 30.3 Å². The Balaban J connectivity index is 1.25. The molecule has 0 bridgehead atoms. The van der Waals surface area contributed by atoms with E-state index in [1.165, 1.54) is 44.1 Å². The van der Waals surface area contributed by atoms with Crippen molar-refractivity contribution < 1.29 is 29.0 Å². The predicted molar refractivity (Wildman–Crippen MR) is 124 cm³/mol. The zero-order valence-electron chi connectivity index (χ0n) is 20.5. The molecule has 34 heavy (non-hydrogen) atoms. The number of carbonyl (C=O) groups excluding carboxylic acids is 2. The number of esters is 2. The van der Waals surface area contributed by atoms with Crippen LogP contribution in [0.3, 0.4) is 0 Å². The Kier molecular flexibility index (Phi) is 6.06. The van der Waals surface area contributed by atoms with Crippen LogP contribution in [0.1, 0.15) is 78.1 Å². The minimum Gasteiger partial charge on any atom is -0.480 e. The smallest absolute Gasteiger partial charge is 0.331 e. The number of carbonyl (C=O) groups is 3. The molecule has 5 rings (SSSR count). The second kappa shape index (κ2) is 8.65. The molecular weight excluding hydrogens is 434 g/mol. The van der Waals surface area contributed by atoms with Gasteiger partial charge in [-0.1, -0.05) is 13.8 Å². The van der Waals surface area contributed by atoms with E-state index < -0.39 is 18.0 Å². The molecule has 4 aliphatic carbocycles. The Morgan fingerprint density at radius 2 is 1.85 bits per heavy atom. The van der Waals surface area contributed by atoms with Gasteiger partial charge in [0.05, 0.1) is 6.42 Å². The molecular formula is C27H39NO6. The van der Waals surface area contributed by atoms with E-state index in [1.54, 1.807) is 6.08 Å². The van der Waals surface area contributed by atoms with Gasteiger partial charge in [-0.15, -0.1) is 0 Å². The molecule has 1 aliphatic heterocycles. The molecule has 9 atom stereocenters. The molecule has 7 nitrogen and oxygen atoms in total. The summed E-state index contributed by atoms with van der Waals surface area (Å²) in [6, 6.07) is -1.20. The third-order valence-electron chi connectivity index (χ3n) is 10.8. The molecule has 3 N–H and O–H groups in total. The topological polar surface area (TPSA) is 116 Å². The highest BCUT2D eigenvalue weighted by atomic mass is 16.5. The van der Waals surface area contributed by atoms with Crippen molar-refractivity contribution in [3.05, 3.63) is 11.6 Å². The first-order valence-corrected chi connectivity index (χ1v) is 13.2. The van der Waals surface area contributed by atoms with E-state index >= 15 is 0 Å². The summed E-state index contributed by atoms with van der Waals surface area (Å²) in [4.78, 5) is 34.9. The second-order valence-electron chi connectivity index (χ2n) is 12.2. The van der Waals surface area contributed by atoms with Crippen LogP contribution in [0.15, 0.2) is 11.6 Å². The zero-order chi connectivity index (χ0) is 24.3. The monoisotopic (exact) mass is 473 g/mol. The molecule has 1 heterocycles. The van der Waals surface area contributed by atoms with Crippen LogP contribution in [0.4, 0.5) is 0 Å². The first kappa shape index (κ1) is 23.8. The molecule has 0 aromatic carbocycles. The number of rotatable bonds is 5. The van der Waals surface area contributed by atoms with Gasteiger partial charge in [0, 0.05) is 6.08 Å². The van der Waals surface area contributed by atoms with Gasteiger partial charge in [0.1, 0.15) is 18.8 Å². The summed E-state index contributed by atoms with van der Waals surface area (Å²) in [5.41, 5.74) is 7.26. The summed E-state index contributed by atoms with van der Waals surface area (Å²) in [6.07, 6.45) is 11.4. The molecule has 0 spiro atoms. The molecule has 0 amide bonds.